The highest BCUT2D eigenvalue weighted by Gasteiger charge is 2.08. The predicted molar refractivity (Wildman–Crippen MR) is 88.5 cm³/mol. The normalized spacial score (nSPS) is 10.6. The van der Waals surface area contributed by atoms with E-state index in [2.05, 4.69) is 41.7 Å². The Morgan fingerprint density at radius 2 is 2.14 bits per heavy atom. The molecular weight excluding hydrogens is 280 g/mol. The van der Waals surface area contributed by atoms with Crippen molar-refractivity contribution in [3.05, 3.63) is 40.9 Å². The Bertz CT molecular complexity index is 592. The fourth-order valence-corrected chi connectivity index (χ4v) is 3.04. The minimum Gasteiger partial charge on any atom is -0.356 e. The van der Waals surface area contributed by atoms with E-state index < -0.39 is 0 Å². The lowest BCUT2D eigenvalue weighted by molar-refractivity contribution is -0.121. The molecule has 1 heterocycles. The fraction of sp³-hybridized carbons (Fsp3) is 0.412. The summed E-state index contributed by atoms with van der Waals surface area (Å²) >= 11 is 1.65. The summed E-state index contributed by atoms with van der Waals surface area (Å²) in [7, 11) is 0. The maximum absolute atomic E-state index is 11.7. The molecule has 4 heteroatoms. The number of benzene rings is 1. The highest BCUT2D eigenvalue weighted by Crippen LogP contribution is 2.26. The molecule has 0 radical (unpaired) electrons. The van der Waals surface area contributed by atoms with Crippen LogP contribution >= 0.6 is 11.3 Å². The van der Waals surface area contributed by atoms with Crippen LogP contribution in [0.15, 0.2) is 29.6 Å². The summed E-state index contributed by atoms with van der Waals surface area (Å²) in [6, 6.07) is 8.26. The van der Waals surface area contributed by atoms with Gasteiger partial charge in [0.25, 0.3) is 0 Å². The van der Waals surface area contributed by atoms with Gasteiger partial charge in [-0.15, -0.1) is 11.3 Å². The third-order valence-electron chi connectivity index (χ3n) is 3.39. The van der Waals surface area contributed by atoms with Crippen molar-refractivity contribution >= 4 is 17.2 Å². The van der Waals surface area contributed by atoms with Crippen LogP contribution in [0, 0.1) is 6.92 Å². The Hall–Kier alpha value is -1.68. The van der Waals surface area contributed by atoms with Crippen LogP contribution in [0.3, 0.4) is 0 Å². The van der Waals surface area contributed by atoms with Gasteiger partial charge >= 0.3 is 0 Å². The molecule has 1 aromatic carbocycles. The molecule has 0 saturated heterocycles. The monoisotopic (exact) mass is 302 g/mol. The number of amides is 1. The van der Waals surface area contributed by atoms with Gasteiger partial charge in [-0.1, -0.05) is 37.6 Å². The van der Waals surface area contributed by atoms with Crippen molar-refractivity contribution in [2.75, 3.05) is 6.54 Å². The predicted octanol–water partition coefficient (Wildman–Crippen LogP) is 3.97. The van der Waals surface area contributed by atoms with Crippen LogP contribution < -0.4 is 5.32 Å². The summed E-state index contributed by atoms with van der Waals surface area (Å²) in [6.07, 6.45) is 3.37. The number of carbonyl (C=O) groups is 1. The summed E-state index contributed by atoms with van der Waals surface area (Å²) in [6.45, 7) is 4.99. The Morgan fingerprint density at radius 1 is 1.33 bits per heavy atom. The lowest BCUT2D eigenvalue weighted by atomic mass is 10.1. The maximum atomic E-state index is 11.7. The second kappa shape index (κ2) is 7.93. The summed E-state index contributed by atoms with van der Waals surface area (Å²) in [5.74, 6) is 0.119. The van der Waals surface area contributed by atoms with E-state index in [1.807, 2.05) is 12.1 Å². The number of hydrogen-bond acceptors (Lipinski definition) is 3. The second-order valence-electron chi connectivity index (χ2n) is 5.16. The first-order valence-corrected chi connectivity index (χ1v) is 8.35. The zero-order chi connectivity index (χ0) is 15.1. The molecule has 0 saturated carbocycles. The summed E-state index contributed by atoms with van der Waals surface area (Å²) in [4.78, 5) is 16.3. The van der Waals surface area contributed by atoms with Crippen LogP contribution in [-0.2, 0) is 11.2 Å². The average molecular weight is 302 g/mol. The molecule has 1 aromatic heterocycles. The number of hydrogen-bond donors (Lipinski definition) is 1. The molecule has 0 spiro atoms. The standard InChI is InChI=1S/C17H22N2OS/c1-3-4-11-18-16(20)10-9-14-12-21-17(19-14)15-8-6-5-7-13(15)2/h5-8,12H,3-4,9-11H2,1-2H3,(H,18,20). The average Bonchev–Trinajstić information content (AvgIpc) is 2.94. The van der Waals surface area contributed by atoms with Crippen molar-refractivity contribution in [3.63, 3.8) is 0 Å². The highest BCUT2D eigenvalue weighted by atomic mass is 32.1. The molecule has 0 aliphatic carbocycles. The van der Waals surface area contributed by atoms with Crippen LogP contribution in [-0.4, -0.2) is 17.4 Å². The first-order chi connectivity index (χ1) is 10.2. The number of carbonyl (C=O) groups excluding carboxylic acids is 1. The lowest BCUT2D eigenvalue weighted by Crippen LogP contribution is -2.24. The third kappa shape index (κ3) is 4.67. The van der Waals surface area contributed by atoms with E-state index in [0.29, 0.717) is 12.8 Å². The van der Waals surface area contributed by atoms with Gasteiger partial charge < -0.3 is 5.32 Å². The molecule has 1 amide bonds. The van der Waals surface area contributed by atoms with E-state index in [4.69, 9.17) is 0 Å². The minimum atomic E-state index is 0.119. The van der Waals surface area contributed by atoms with Crippen molar-refractivity contribution < 1.29 is 4.79 Å². The fourth-order valence-electron chi connectivity index (χ4n) is 2.09. The van der Waals surface area contributed by atoms with Gasteiger partial charge in [-0.05, 0) is 25.3 Å². The van der Waals surface area contributed by atoms with Gasteiger partial charge in [0.2, 0.25) is 5.91 Å². The number of rotatable bonds is 7. The van der Waals surface area contributed by atoms with E-state index in [-0.39, 0.29) is 5.91 Å². The van der Waals surface area contributed by atoms with Gasteiger partial charge in [0, 0.05) is 23.9 Å². The quantitative estimate of drug-likeness (QED) is 0.786. The molecule has 0 fully saturated rings. The Labute approximate surface area is 130 Å². The van der Waals surface area contributed by atoms with Gasteiger partial charge in [0.1, 0.15) is 5.01 Å². The molecule has 0 aliphatic heterocycles. The zero-order valence-electron chi connectivity index (χ0n) is 12.7. The molecule has 2 aromatic rings. The van der Waals surface area contributed by atoms with Crippen LogP contribution in [0.2, 0.25) is 0 Å². The highest BCUT2D eigenvalue weighted by molar-refractivity contribution is 7.13. The van der Waals surface area contributed by atoms with E-state index in [1.165, 1.54) is 11.1 Å². The van der Waals surface area contributed by atoms with E-state index >= 15 is 0 Å². The number of thiazole rings is 1. The van der Waals surface area contributed by atoms with Crippen molar-refractivity contribution in [1.82, 2.24) is 10.3 Å². The Kier molecular flexibility index (Phi) is 5.93. The molecule has 0 bridgehead atoms. The number of aryl methyl sites for hydroxylation is 2. The first kappa shape index (κ1) is 15.7. The van der Waals surface area contributed by atoms with E-state index in [9.17, 15) is 4.79 Å². The van der Waals surface area contributed by atoms with E-state index in [0.717, 1.165) is 30.1 Å². The van der Waals surface area contributed by atoms with Crippen molar-refractivity contribution in [3.8, 4) is 10.6 Å². The molecule has 3 nitrogen and oxygen atoms in total. The minimum absolute atomic E-state index is 0.119. The van der Waals surface area contributed by atoms with Gasteiger partial charge in [-0.3, -0.25) is 4.79 Å². The molecule has 112 valence electrons. The van der Waals surface area contributed by atoms with Crippen LogP contribution in [0.4, 0.5) is 0 Å². The summed E-state index contributed by atoms with van der Waals surface area (Å²) in [5, 5.41) is 6.03. The second-order valence-corrected chi connectivity index (χ2v) is 6.02. The summed E-state index contributed by atoms with van der Waals surface area (Å²) in [5.41, 5.74) is 3.42. The summed E-state index contributed by atoms with van der Waals surface area (Å²) < 4.78 is 0. The Balaban J connectivity index is 1.89. The first-order valence-electron chi connectivity index (χ1n) is 7.47. The molecule has 0 unspecified atom stereocenters. The number of nitrogens with one attached hydrogen (secondary N) is 1. The van der Waals surface area contributed by atoms with E-state index in [1.54, 1.807) is 11.3 Å². The third-order valence-corrected chi connectivity index (χ3v) is 4.31. The molecular formula is C17H22N2OS. The van der Waals surface area contributed by atoms with Gasteiger partial charge in [0.15, 0.2) is 0 Å². The van der Waals surface area contributed by atoms with Crippen molar-refractivity contribution in [2.45, 2.75) is 39.5 Å². The van der Waals surface area contributed by atoms with Crippen LogP contribution in [0.5, 0.6) is 0 Å². The van der Waals surface area contributed by atoms with Gasteiger partial charge in [0.05, 0.1) is 5.69 Å². The van der Waals surface area contributed by atoms with Crippen molar-refractivity contribution in [1.29, 1.82) is 0 Å². The smallest absolute Gasteiger partial charge is 0.220 e. The van der Waals surface area contributed by atoms with Crippen LogP contribution in [0.25, 0.3) is 10.6 Å². The maximum Gasteiger partial charge on any atom is 0.220 e. The lowest BCUT2D eigenvalue weighted by Gasteiger charge is -2.03. The zero-order valence-corrected chi connectivity index (χ0v) is 13.5. The number of aromatic nitrogens is 1. The molecule has 1 N–H and O–H groups in total. The molecule has 0 aliphatic rings. The number of unbranched alkanes of at least 4 members (excludes halogenated alkanes) is 1. The largest absolute Gasteiger partial charge is 0.356 e. The van der Waals surface area contributed by atoms with Crippen LogP contribution in [0.1, 0.15) is 37.4 Å². The molecule has 2 rings (SSSR count). The molecule has 21 heavy (non-hydrogen) atoms. The van der Waals surface area contributed by atoms with Gasteiger partial charge in [-0.25, -0.2) is 4.98 Å². The topological polar surface area (TPSA) is 42.0 Å². The van der Waals surface area contributed by atoms with Crippen molar-refractivity contribution in [2.24, 2.45) is 0 Å². The van der Waals surface area contributed by atoms with Gasteiger partial charge in [-0.2, -0.15) is 0 Å². The molecule has 0 atom stereocenters. The Morgan fingerprint density at radius 3 is 2.90 bits per heavy atom. The SMILES string of the molecule is CCCCNC(=O)CCc1csc(-c2ccccc2C)n1. The number of nitrogens with zero attached hydrogens (tertiary/aromatic N) is 1.